The van der Waals surface area contributed by atoms with Crippen LogP contribution in [-0.2, 0) is 16.6 Å². The van der Waals surface area contributed by atoms with Crippen LogP contribution in [-0.4, -0.2) is 23.1 Å². The molecule has 25 heavy (non-hydrogen) atoms. The standard InChI is InChI=1S/C20H18N2O3/c1-22-13-7-12-18(22)20(24)25-14-19(23)21-17-11-6-5-10-16(17)15-8-3-2-4-9-15/h2-13H,14H2,1H3,(H,21,23). The molecule has 3 rings (SSSR count). The lowest BCUT2D eigenvalue weighted by atomic mass is 10.0. The van der Waals surface area contributed by atoms with E-state index in [0.29, 0.717) is 11.4 Å². The van der Waals surface area contributed by atoms with Gasteiger partial charge >= 0.3 is 5.97 Å². The number of nitrogens with one attached hydrogen (secondary N) is 1. The normalized spacial score (nSPS) is 10.3. The molecule has 126 valence electrons. The molecule has 0 aliphatic rings. The summed E-state index contributed by atoms with van der Waals surface area (Å²) in [7, 11) is 1.74. The molecule has 5 nitrogen and oxygen atoms in total. The summed E-state index contributed by atoms with van der Waals surface area (Å²) in [5.41, 5.74) is 2.98. The van der Waals surface area contributed by atoms with Crippen molar-refractivity contribution in [2.75, 3.05) is 11.9 Å². The van der Waals surface area contributed by atoms with Crippen LogP contribution in [0.25, 0.3) is 11.1 Å². The maximum Gasteiger partial charge on any atom is 0.355 e. The van der Waals surface area contributed by atoms with Crippen LogP contribution >= 0.6 is 0 Å². The predicted molar refractivity (Wildman–Crippen MR) is 96.2 cm³/mol. The molecule has 1 aromatic heterocycles. The first-order valence-corrected chi connectivity index (χ1v) is 7.88. The second-order valence-corrected chi connectivity index (χ2v) is 5.54. The van der Waals surface area contributed by atoms with Crippen molar-refractivity contribution in [3.63, 3.8) is 0 Å². The van der Waals surface area contributed by atoms with E-state index in [4.69, 9.17) is 4.74 Å². The molecule has 0 saturated heterocycles. The van der Waals surface area contributed by atoms with Gasteiger partial charge in [-0.05, 0) is 23.8 Å². The van der Waals surface area contributed by atoms with Crippen LogP contribution < -0.4 is 5.32 Å². The van der Waals surface area contributed by atoms with Gasteiger partial charge < -0.3 is 14.6 Å². The highest BCUT2D eigenvalue weighted by Crippen LogP contribution is 2.27. The zero-order valence-corrected chi connectivity index (χ0v) is 13.8. The van der Waals surface area contributed by atoms with E-state index < -0.39 is 5.97 Å². The van der Waals surface area contributed by atoms with Gasteiger partial charge in [0, 0.05) is 24.5 Å². The Morgan fingerprint density at radius 3 is 2.40 bits per heavy atom. The van der Waals surface area contributed by atoms with Crippen molar-refractivity contribution in [2.45, 2.75) is 0 Å². The van der Waals surface area contributed by atoms with Crippen molar-refractivity contribution < 1.29 is 14.3 Å². The Morgan fingerprint density at radius 1 is 0.960 bits per heavy atom. The summed E-state index contributed by atoms with van der Waals surface area (Å²) in [6.45, 7) is -0.340. The van der Waals surface area contributed by atoms with E-state index in [0.717, 1.165) is 11.1 Å². The number of ether oxygens (including phenoxy) is 1. The van der Waals surface area contributed by atoms with Crippen LogP contribution in [0.1, 0.15) is 10.5 Å². The summed E-state index contributed by atoms with van der Waals surface area (Å²) in [4.78, 5) is 24.1. The lowest BCUT2D eigenvalue weighted by molar-refractivity contribution is -0.119. The van der Waals surface area contributed by atoms with Gasteiger partial charge in [0.15, 0.2) is 6.61 Å². The van der Waals surface area contributed by atoms with E-state index in [1.54, 1.807) is 29.9 Å². The molecule has 0 bridgehead atoms. The van der Waals surface area contributed by atoms with E-state index >= 15 is 0 Å². The first-order chi connectivity index (χ1) is 12.1. The third-order valence-corrected chi connectivity index (χ3v) is 3.77. The highest BCUT2D eigenvalue weighted by molar-refractivity contribution is 5.98. The summed E-state index contributed by atoms with van der Waals surface area (Å²) in [5, 5.41) is 2.80. The average molecular weight is 334 g/mol. The lowest BCUT2D eigenvalue weighted by Gasteiger charge is -2.11. The average Bonchev–Trinajstić information content (AvgIpc) is 3.07. The number of aromatic nitrogens is 1. The summed E-state index contributed by atoms with van der Waals surface area (Å²) >= 11 is 0. The molecule has 5 heteroatoms. The number of rotatable bonds is 5. The monoisotopic (exact) mass is 334 g/mol. The smallest absolute Gasteiger partial charge is 0.355 e. The number of amides is 1. The molecular weight excluding hydrogens is 316 g/mol. The van der Waals surface area contributed by atoms with Crippen LogP contribution in [0.4, 0.5) is 5.69 Å². The molecule has 0 radical (unpaired) electrons. The minimum Gasteiger partial charge on any atom is -0.451 e. The number of nitrogens with zero attached hydrogens (tertiary/aromatic N) is 1. The Balaban J connectivity index is 1.66. The summed E-state index contributed by atoms with van der Waals surface area (Å²) in [5.74, 6) is -0.912. The third kappa shape index (κ3) is 3.95. The van der Waals surface area contributed by atoms with E-state index in [9.17, 15) is 9.59 Å². The zero-order valence-electron chi connectivity index (χ0n) is 13.8. The Kier molecular flexibility index (Phi) is 4.95. The van der Waals surface area contributed by atoms with Crippen molar-refractivity contribution in [1.29, 1.82) is 0 Å². The van der Waals surface area contributed by atoms with E-state index in [1.807, 2.05) is 54.6 Å². The number of hydrogen-bond acceptors (Lipinski definition) is 3. The predicted octanol–water partition coefficient (Wildman–Crippen LogP) is 3.49. The maximum absolute atomic E-state index is 12.2. The number of carbonyl (C=O) groups excluding carboxylic acids is 2. The van der Waals surface area contributed by atoms with Gasteiger partial charge in [-0.1, -0.05) is 48.5 Å². The minimum absolute atomic E-state index is 0.340. The Labute approximate surface area is 145 Å². The van der Waals surface area contributed by atoms with Crippen LogP contribution in [0.5, 0.6) is 0 Å². The molecule has 1 heterocycles. The molecule has 2 aromatic carbocycles. The number of carbonyl (C=O) groups is 2. The maximum atomic E-state index is 12.2. The number of esters is 1. The molecule has 0 spiro atoms. The van der Waals surface area contributed by atoms with Gasteiger partial charge in [-0.2, -0.15) is 0 Å². The number of benzene rings is 2. The van der Waals surface area contributed by atoms with E-state index in [1.165, 1.54) is 0 Å². The lowest BCUT2D eigenvalue weighted by Crippen LogP contribution is -2.22. The molecule has 0 atom stereocenters. The van der Waals surface area contributed by atoms with E-state index in [-0.39, 0.29) is 12.5 Å². The van der Waals surface area contributed by atoms with Gasteiger partial charge in [-0.15, -0.1) is 0 Å². The fraction of sp³-hybridized carbons (Fsp3) is 0.100. The number of hydrogen-bond donors (Lipinski definition) is 1. The summed E-state index contributed by atoms with van der Waals surface area (Å²) < 4.78 is 6.72. The van der Waals surface area contributed by atoms with Crippen molar-refractivity contribution in [1.82, 2.24) is 4.57 Å². The first kappa shape index (κ1) is 16.5. The zero-order chi connectivity index (χ0) is 17.6. The molecule has 1 N–H and O–H groups in total. The van der Waals surface area contributed by atoms with Gasteiger partial charge in [-0.25, -0.2) is 4.79 Å². The van der Waals surface area contributed by atoms with Crippen molar-refractivity contribution in [2.24, 2.45) is 7.05 Å². The summed E-state index contributed by atoms with van der Waals surface area (Å²) in [6.07, 6.45) is 1.74. The second-order valence-electron chi connectivity index (χ2n) is 5.54. The van der Waals surface area contributed by atoms with Gasteiger partial charge in [0.2, 0.25) is 0 Å². The first-order valence-electron chi connectivity index (χ1n) is 7.88. The topological polar surface area (TPSA) is 60.3 Å². The molecule has 0 unspecified atom stereocenters. The quantitative estimate of drug-likeness (QED) is 0.727. The fourth-order valence-electron chi connectivity index (χ4n) is 2.53. The van der Waals surface area contributed by atoms with Crippen LogP contribution in [0.2, 0.25) is 0 Å². The molecule has 0 saturated carbocycles. The highest BCUT2D eigenvalue weighted by atomic mass is 16.5. The van der Waals surface area contributed by atoms with Crippen LogP contribution in [0.15, 0.2) is 72.9 Å². The van der Waals surface area contributed by atoms with Gasteiger partial charge in [0.1, 0.15) is 5.69 Å². The largest absolute Gasteiger partial charge is 0.451 e. The molecule has 1 amide bonds. The summed E-state index contributed by atoms with van der Waals surface area (Å²) in [6, 6.07) is 20.7. The van der Waals surface area contributed by atoms with Gasteiger partial charge in [-0.3, -0.25) is 4.79 Å². The van der Waals surface area contributed by atoms with Crippen LogP contribution in [0.3, 0.4) is 0 Å². The fourth-order valence-corrected chi connectivity index (χ4v) is 2.53. The molecule has 0 aliphatic carbocycles. The molecule has 0 fully saturated rings. The Morgan fingerprint density at radius 2 is 1.68 bits per heavy atom. The van der Waals surface area contributed by atoms with Gasteiger partial charge in [0.05, 0.1) is 0 Å². The third-order valence-electron chi connectivity index (χ3n) is 3.77. The van der Waals surface area contributed by atoms with Crippen molar-refractivity contribution in [3.8, 4) is 11.1 Å². The van der Waals surface area contributed by atoms with E-state index in [2.05, 4.69) is 5.32 Å². The van der Waals surface area contributed by atoms with Gasteiger partial charge in [0.25, 0.3) is 5.91 Å². The van der Waals surface area contributed by atoms with Crippen LogP contribution in [0, 0.1) is 0 Å². The molecule has 3 aromatic rings. The molecule has 0 aliphatic heterocycles. The number of para-hydroxylation sites is 1. The number of aryl methyl sites for hydroxylation is 1. The Hall–Kier alpha value is -3.34. The van der Waals surface area contributed by atoms with Crippen molar-refractivity contribution >= 4 is 17.6 Å². The minimum atomic E-state index is -0.529. The highest BCUT2D eigenvalue weighted by Gasteiger charge is 2.14. The molecular formula is C20H18N2O3. The number of anilines is 1. The van der Waals surface area contributed by atoms with Crippen molar-refractivity contribution in [3.05, 3.63) is 78.6 Å². The second kappa shape index (κ2) is 7.49. The Bertz CT molecular complexity index is 885. The SMILES string of the molecule is Cn1cccc1C(=O)OCC(=O)Nc1ccccc1-c1ccccc1.